The van der Waals surface area contributed by atoms with E-state index >= 15 is 0 Å². The summed E-state index contributed by atoms with van der Waals surface area (Å²) >= 11 is 0. The van der Waals surface area contributed by atoms with E-state index in [2.05, 4.69) is 24.1 Å². The van der Waals surface area contributed by atoms with Gasteiger partial charge in [-0.25, -0.2) is 0 Å². The Morgan fingerprint density at radius 2 is 2.00 bits per heavy atom. The van der Waals surface area contributed by atoms with Gasteiger partial charge >= 0.3 is 0 Å². The highest BCUT2D eigenvalue weighted by atomic mass is 16.1. The number of nitrogens with one attached hydrogen (secondary N) is 1. The second-order valence-corrected chi connectivity index (χ2v) is 4.00. The van der Waals surface area contributed by atoms with Gasteiger partial charge < -0.3 is 10.2 Å². The van der Waals surface area contributed by atoms with Crippen molar-refractivity contribution in [3.63, 3.8) is 0 Å². The fourth-order valence-electron chi connectivity index (χ4n) is 1.90. The molecule has 1 saturated heterocycles. The minimum absolute atomic E-state index is 0.266. The van der Waals surface area contributed by atoms with Gasteiger partial charge in [-0.3, -0.25) is 4.79 Å². The number of piperidine rings is 1. The van der Waals surface area contributed by atoms with Crippen LogP contribution in [0.2, 0.25) is 0 Å². The van der Waals surface area contributed by atoms with Crippen LogP contribution < -0.4 is 5.32 Å². The SMILES string of the molecule is CCCNC(=O)C1CCN(CC)CC1. The first-order valence-electron chi connectivity index (χ1n) is 5.78. The van der Waals surface area contributed by atoms with E-state index in [0.717, 1.165) is 45.4 Å². The van der Waals surface area contributed by atoms with Crippen molar-refractivity contribution in [2.75, 3.05) is 26.2 Å². The largest absolute Gasteiger partial charge is 0.356 e. The molecule has 3 nitrogen and oxygen atoms in total. The molecule has 0 radical (unpaired) electrons. The number of hydrogen-bond donors (Lipinski definition) is 1. The summed E-state index contributed by atoms with van der Waals surface area (Å²) in [6.45, 7) is 8.37. The molecular weight excluding hydrogens is 176 g/mol. The van der Waals surface area contributed by atoms with E-state index in [-0.39, 0.29) is 11.8 Å². The van der Waals surface area contributed by atoms with Crippen molar-refractivity contribution in [1.82, 2.24) is 10.2 Å². The van der Waals surface area contributed by atoms with Crippen molar-refractivity contribution in [3.05, 3.63) is 0 Å². The average molecular weight is 198 g/mol. The van der Waals surface area contributed by atoms with Crippen molar-refractivity contribution in [3.8, 4) is 0 Å². The topological polar surface area (TPSA) is 32.3 Å². The van der Waals surface area contributed by atoms with Gasteiger partial charge in [0.05, 0.1) is 0 Å². The predicted octanol–water partition coefficient (Wildman–Crippen LogP) is 1.24. The van der Waals surface area contributed by atoms with Gasteiger partial charge in [0.2, 0.25) is 5.91 Å². The lowest BCUT2D eigenvalue weighted by molar-refractivity contribution is -0.126. The van der Waals surface area contributed by atoms with Crippen LogP contribution in [0.1, 0.15) is 33.1 Å². The molecule has 0 bridgehead atoms. The fraction of sp³-hybridized carbons (Fsp3) is 0.909. The molecule has 0 unspecified atom stereocenters. The molecule has 3 heteroatoms. The third kappa shape index (κ3) is 3.29. The summed E-state index contributed by atoms with van der Waals surface area (Å²) < 4.78 is 0. The summed E-state index contributed by atoms with van der Waals surface area (Å²) in [5.74, 6) is 0.534. The van der Waals surface area contributed by atoms with Crippen LogP contribution in [0.4, 0.5) is 0 Å². The van der Waals surface area contributed by atoms with Crippen LogP contribution >= 0.6 is 0 Å². The number of hydrogen-bond acceptors (Lipinski definition) is 2. The molecule has 1 rings (SSSR count). The van der Waals surface area contributed by atoms with Crippen LogP contribution in [-0.2, 0) is 4.79 Å². The molecule has 82 valence electrons. The third-order valence-electron chi connectivity index (χ3n) is 2.95. The summed E-state index contributed by atoms with van der Waals surface area (Å²) in [6.07, 6.45) is 3.09. The Kier molecular flexibility index (Phi) is 4.94. The molecule has 0 aliphatic carbocycles. The Hall–Kier alpha value is -0.570. The molecule has 0 atom stereocenters. The summed E-state index contributed by atoms with van der Waals surface area (Å²) in [6, 6.07) is 0. The molecule has 1 aliphatic heterocycles. The lowest BCUT2D eigenvalue weighted by atomic mass is 9.96. The van der Waals surface area contributed by atoms with Gasteiger partial charge in [-0.2, -0.15) is 0 Å². The van der Waals surface area contributed by atoms with Crippen molar-refractivity contribution < 1.29 is 4.79 Å². The van der Waals surface area contributed by atoms with Crippen LogP contribution in [0.3, 0.4) is 0 Å². The molecule has 0 aromatic carbocycles. The van der Waals surface area contributed by atoms with Crippen LogP contribution in [-0.4, -0.2) is 37.0 Å². The first-order chi connectivity index (χ1) is 6.77. The number of carbonyl (C=O) groups is 1. The Balaban J connectivity index is 2.23. The normalized spacial score (nSPS) is 19.6. The molecular formula is C11H22N2O. The number of amides is 1. The molecule has 14 heavy (non-hydrogen) atoms. The maximum atomic E-state index is 11.6. The van der Waals surface area contributed by atoms with Crippen molar-refractivity contribution in [2.45, 2.75) is 33.1 Å². The molecule has 0 spiro atoms. The van der Waals surface area contributed by atoms with E-state index in [1.165, 1.54) is 0 Å². The molecule has 0 saturated carbocycles. The van der Waals surface area contributed by atoms with Crippen LogP contribution in [0.5, 0.6) is 0 Å². The summed E-state index contributed by atoms with van der Waals surface area (Å²) in [7, 11) is 0. The van der Waals surface area contributed by atoms with E-state index in [4.69, 9.17) is 0 Å². The van der Waals surface area contributed by atoms with Crippen molar-refractivity contribution in [2.24, 2.45) is 5.92 Å². The Bertz CT molecular complexity index is 174. The molecule has 1 fully saturated rings. The molecule has 1 heterocycles. The fourth-order valence-corrected chi connectivity index (χ4v) is 1.90. The van der Waals surface area contributed by atoms with Crippen molar-refractivity contribution >= 4 is 5.91 Å². The second-order valence-electron chi connectivity index (χ2n) is 4.00. The van der Waals surface area contributed by atoms with E-state index in [1.54, 1.807) is 0 Å². The van der Waals surface area contributed by atoms with Crippen molar-refractivity contribution in [1.29, 1.82) is 0 Å². The van der Waals surface area contributed by atoms with E-state index in [0.29, 0.717) is 0 Å². The summed E-state index contributed by atoms with van der Waals surface area (Å²) in [5, 5.41) is 2.98. The van der Waals surface area contributed by atoms with Crippen LogP contribution in [0.15, 0.2) is 0 Å². The quantitative estimate of drug-likeness (QED) is 0.737. The number of likely N-dealkylation sites (tertiary alicyclic amines) is 1. The van der Waals surface area contributed by atoms with E-state index in [1.807, 2.05) is 0 Å². The zero-order valence-electron chi connectivity index (χ0n) is 9.38. The van der Waals surface area contributed by atoms with Gasteiger partial charge in [-0.05, 0) is 38.9 Å². The zero-order chi connectivity index (χ0) is 10.4. The Morgan fingerprint density at radius 3 is 2.50 bits per heavy atom. The average Bonchev–Trinajstić information content (AvgIpc) is 2.26. The predicted molar refractivity (Wildman–Crippen MR) is 58.1 cm³/mol. The van der Waals surface area contributed by atoms with Crippen LogP contribution in [0, 0.1) is 5.92 Å². The second kappa shape index (κ2) is 6.02. The van der Waals surface area contributed by atoms with Gasteiger partial charge in [0.1, 0.15) is 0 Å². The third-order valence-corrected chi connectivity index (χ3v) is 2.95. The van der Waals surface area contributed by atoms with Gasteiger partial charge in [0.25, 0.3) is 0 Å². The van der Waals surface area contributed by atoms with Gasteiger partial charge in [-0.1, -0.05) is 13.8 Å². The number of nitrogens with zero attached hydrogens (tertiary/aromatic N) is 1. The molecule has 1 amide bonds. The van der Waals surface area contributed by atoms with E-state index < -0.39 is 0 Å². The smallest absolute Gasteiger partial charge is 0.223 e. The maximum Gasteiger partial charge on any atom is 0.223 e. The zero-order valence-corrected chi connectivity index (χ0v) is 9.38. The Labute approximate surface area is 86.9 Å². The highest BCUT2D eigenvalue weighted by Crippen LogP contribution is 2.16. The molecule has 0 aromatic rings. The van der Waals surface area contributed by atoms with Crippen LogP contribution in [0.25, 0.3) is 0 Å². The Morgan fingerprint density at radius 1 is 1.36 bits per heavy atom. The molecule has 1 aliphatic rings. The number of rotatable bonds is 4. The van der Waals surface area contributed by atoms with E-state index in [9.17, 15) is 4.79 Å². The maximum absolute atomic E-state index is 11.6. The monoisotopic (exact) mass is 198 g/mol. The molecule has 0 aromatic heterocycles. The standard InChI is InChI=1S/C11H22N2O/c1-3-7-12-11(14)10-5-8-13(4-2)9-6-10/h10H,3-9H2,1-2H3,(H,12,14). The highest BCUT2D eigenvalue weighted by Gasteiger charge is 2.23. The highest BCUT2D eigenvalue weighted by molar-refractivity contribution is 5.78. The summed E-state index contributed by atoms with van der Waals surface area (Å²) in [4.78, 5) is 14.0. The molecule has 1 N–H and O–H groups in total. The number of carbonyl (C=O) groups excluding carboxylic acids is 1. The lowest BCUT2D eigenvalue weighted by Gasteiger charge is -2.30. The van der Waals surface area contributed by atoms with Gasteiger partial charge in [-0.15, -0.1) is 0 Å². The lowest BCUT2D eigenvalue weighted by Crippen LogP contribution is -2.40. The minimum Gasteiger partial charge on any atom is -0.356 e. The van der Waals surface area contributed by atoms with Gasteiger partial charge in [0, 0.05) is 12.5 Å². The first-order valence-corrected chi connectivity index (χ1v) is 5.78. The summed E-state index contributed by atoms with van der Waals surface area (Å²) in [5.41, 5.74) is 0. The minimum atomic E-state index is 0.266. The first kappa shape index (κ1) is 11.5. The van der Waals surface area contributed by atoms with Gasteiger partial charge in [0.15, 0.2) is 0 Å².